The van der Waals surface area contributed by atoms with E-state index < -0.39 is 0 Å². The molecule has 0 bridgehead atoms. The predicted molar refractivity (Wildman–Crippen MR) is 86.9 cm³/mol. The Morgan fingerprint density at radius 3 is 2.57 bits per heavy atom. The summed E-state index contributed by atoms with van der Waals surface area (Å²) in [6.45, 7) is 4.18. The fourth-order valence-electron chi connectivity index (χ4n) is 3.31. The molecule has 1 aromatic rings. The van der Waals surface area contributed by atoms with Crippen molar-refractivity contribution in [2.45, 2.75) is 57.4 Å². The Balaban J connectivity index is 1.72. The smallest absolute Gasteiger partial charge is 0.265 e. The van der Waals surface area contributed by atoms with Gasteiger partial charge in [-0.1, -0.05) is 30.6 Å². The Hall–Kier alpha value is -1.30. The molecule has 6 heteroatoms. The summed E-state index contributed by atoms with van der Waals surface area (Å²) in [4.78, 5) is 19.7. The third-order valence-electron chi connectivity index (χ3n) is 4.60. The second-order valence-corrected chi connectivity index (χ2v) is 7.46. The molecule has 1 aromatic heterocycles. The number of nitrogens with one attached hydrogen (secondary N) is 1. The van der Waals surface area contributed by atoms with Crippen LogP contribution in [0.5, 0.6) is 0 Å². The molecule has 0 spiro atoms. The first-order chi connectivity index (χ1) is 10.1. The summed E-state index contributed by atoms with van der Waals surface area (Å²) in [5.74, 6) is 0.318. The number of hydrogen-bond donors (Lipinski definition) is 2. The van der Waals surface area contributed by atoms with Crippen LogP contribution in [0.1, 0.15) is 61.5 Å². The lowest BCUT2D eigenvalue weighted by Crippen LogP contribution is -2.47. The number of amides is 1. The summed E-state index contributed by atoms with van der Waals surface area (Å²) in [5.41, 5.74) is 5.89. The number of nitrogens with zero attached hydrogens (tertiary/aromatic N) is 2. The minimum Gasteiger partial charge on any atom is -0.382 e. The first-order valence-corrected chi connectivity index (χ1v) is 8.73. The van der Waals surface area contributed by atoms with Crippen LogP contribution in [-0.2, 0) is 0 Å². The van der Waals surface area contributed by atoms with E-state index in [0.29, 0.717) is 10.7 Å². The molecule has 2 fully saturated rings. The first-order valence-electron chi connectivity index (χ1n) is 7.91. The van der Waals surface area contributed by atoms with E-state index in [9.17, 15) is 4.79 Å². The van der Waals surface area contributed by atoms with Crippen LogP contribution in [0.25, 0.3) is 0 Å². The van der Waals surface area contributed by atoms with Gasteiger partial charge in [-0.25, -0.2) is 4.98 Å². The molecular weight excluding hydrogens is 284 g/mol. The van der Waals surface area contributed by atoms with Crippen LogP contribution < -0.4 is 16.0 Å². The molecule has 1 aliphatic heterocycles. The summed E-state index contributed by atoms with van der Waals surface area (Å²) < 4.78 is 0. The van der Waals surface area contributed by atoms with Gasteiger partial charge in [-0.15, -0.1) is 0 Å². The average Bonchev–Trinajstić information content (AvgIpc) is 3.07. The second-order valence-electron chi connectivity index (χ2n) is 6.48. The highest BCUT2D eigenvalue weighted by atomic mass is 32.1. The van der Waals surface area contributed by atoms with Gasteiger partial charge in [0.2, 0.25) is 0 Å². The number of rotatable bonds is 3. The van der Waals surface area contributed by atoms with E-state index in [4.69, 9.17) is 5.73 Å². The number of nitrogens with two attached hydrogens (primary N) is 1. The Bertz CT molecular complexity index is 516. The van der Waals surface area contributed by atoms with E-state index in [1.807, 2.05) is 0 Å². The Morgan fingerprint density at radius 1 is 1.24 bits per heavy atom. The Morgan fingerprint density at radius 2 is 1.90 bits per heavy atom. The van der Waals surface area contributed by atoms with Gasteiger partial charge in [0.1, 0.15) is 10.7 Å². The SMILES string of the molecule is CC1(NC(=O)c2sc(N3CCCC3)nc2N)CCCCC1. The van der Waals surface area contributed by atoms with E-state index in [0.717, 1.165) is 31.1 Å². The molecule has 0 unspecified atom stereocenters. The van der Waals surface area contributed by atoms with Gasteiger partial charge in [-0.05, 0) is 32.6 Å². The molecule has 0 atom stereocenters. The highest BCUT2D eigenvalue weighted by Crippen LogP contribution is 2.32. The van der Waals surface area contributed by atoms with Crippen molar-refractivity contribution in [3.8, 4) is 0 Å². The number of anilines is 2. The summed E-state index contributed by atoms with van der Waals surface area (Å²) in [6, 6.07) is 0. The summed E-state index contributed by atoms with van der Waals surface area (Å²) >= 11 is 1.43. The lowest BCUT2D eigenvalue weighted by molar-refractivity contribution is 0.0887. The lowest BCUT2D eigenvalue weighted by Gasteiger charge is -2.34. The number of aromatic nitrogens is 1. The molecular formula is C15H24N4OS. The maximum atomic E-state index is 12.5. The van der Waals surface area contributed by atoms with Gasteiger partial charge < -0.3 is 16.0 Å². The number of hydrogen-bond acceptors (Lipinski definition) is 5. The standard InChI is InChI=1S/C15H24N4OS/c1-15(7-3-2-4-8-15)18-13(20)11-12(16)17-14(21-11)19-9-5-6-10-19/h2-10,16H2,1H3,(H,18,20). The third-order valence-corrected chi connectivity index (χ3v) is 5.73. The number of thiazole rings is 1. The van der Waals surface area contributed by atoms with E-state index >= 15 is 0 Å². The van der Waals surface area contributed by atoms with Crippen LogP contribution in [0.4, 0.5) is 10.9 Å². The molecule has 1 aliphatic carbocycles. The molecule has 116 valence electrons. The molecule has 0 aromatic carbocycles. The Kier molecular flexibility index (Phi) is 4.06. The van der Waals surface area contributed by atoms with Gasteiger partial charge in [-0.3, -0.25) is 4.79 Å². The zero-order chi connectivity index (χ0) is 14.9. The molecule has 0 radical (unpaired) electrons. The largest absolute Gasteiger partial charge is 0.382 e. The van der Waals surface area contributed by atoms with E-state index in [1.165, 1.54) is 43.4 Å². The highest BCUT2D eigenvalue weighted by Gasteiger charge is 2.30. The van der Waals surface area contributed by atoms with Gasteiger partial charge >= 0.3 is 0 Å². The van der Waals surface area contributed by atoms with Crippen LogP contribution in [0, 0.1) is 0 Å². The quantitative estimate of drug-likeness (QED) is 0.900. The summed E-state index contributed by atoms with van der Waals surface area (Å²) in [7, 11) is 0. The fourth-order valence-corrected chi connectivity index (χ4v) is 4.25. The molecule has 1 amide bonds. The normalized spacial score (nSPS) is 21.5. The third kappa shape index (κ3) is 3.15. The van der Waals surface area contributed by atoms with Gasteiger partial charge in [0.25, 0.3) is 5.91 Å². The fraction of sp³-hybridized carbons (Fsp3) is 0.733. The van der Waals surface area contributed by atoms with E-state index in [-0.39, 0.29) is 11.4 Å². The first kappa shape index (κ1) is 14.6. The Labute approximate surface area is 129 Å². The molecule has 2 aliphatic rings. The van der Waals surface area contributed by atoms with E-state index in [2.05, 4.69) is 22.1 Å². The van der Waals surface area contributed by atoms with E-state index in [1.54, 1.807) is 0 Å². The number of nitrogen functional groups attached to an aromatic ring is 1. The molecule has 21 heavy (non-hydrogen) atoms. The van der Waals surface area contributed by atoms with Crippen molar-refractivity contribution >= 4 is 28.2 Å². The molecule has 5 nitrogen and oxygen atoms in total. The van der Waals surface area contributed by atoms with Gasteiger partial charge in [0, 0.05) is 18.6 Å². The van der Waals surface area contributed by atoms with Crippen LogP contribution in [0.2, 0.25) is 0 Å². The van der Waals surface area contributed by atoms with Crippen molar-refractivity contribution in [3.05, 3.63) is 4.88 Å². The van der Waals surface area contributed by atoms with Gasteiger partial charge in [0.15, 0.2) is 5.13 Å². The van der Waals surface area contributed by atoms with Crippen molar-refractivity contribution in [3.63, 3.8) is 0 Å². The summed E-state index contributed by atoms with van der Waals surface area (Å²) in [5, 5.41) is 4.08. The zero-order valence-corrected chi connectivity index (χ0v) is 13.5. The monoisotopic (exact) mass is 308 g/mol. The van der Waals surface area contributed by atoms with Crippen molar-refractivity contribution in [1.82, 2.24) is 10.3 Å². The second kappa shape index (κ2) is 5.83. The van der Waals surface area contributed by atoms with Crippen molar-refractivity contribution in [1.29, 1.82) is 0 Å². The highest BCUT2D eigenvalue weighted by molar-refractivity contribution is 7.18. The maximum absolute atomic E-state index is 12.5. The van der Waals surface area contributed by atoms with Crippen molar-refractivity contribution < 1.29 is 4.79 Å². The molecule has 3 N–H and O–H groups in total. The molecule has 1 saturated carbocycles. The minimum absolute atomic E-state index is 0.0557. The maximum Gasteiger partial charge on any atom is 0.265 e. The van der Waals surface area contributed by atoms with Crippen LogP contribution in [0.15, 0.2) is 0 Å². The van der Waals surface area contributed by atoms with Gasteiger partial charge in [0.05, 0.1) is 0 Å². The van der Waals surface area contributed by atoms with Crippen molar-refractivity contribution in [2.75, 3.05) is 23.7 Å². The number of carbonyl (C=O) groups excluding carboxylic acids is 1. The van der Waals surface area contributed by atoms with Gasteiger partial charge in [-0.2, -0.15) is 0 Å². The van der Waals surface area contributed by atoms with Crippen LogP contribution in [-0.4, -0.2) is 29.5 Å². The zero-order valence-electron chi connectivity index (χ0n) is 12.7. The van der Waals surface area contributed by atoms with Crippen molar-refractivity contribution in [2.24, 2.45) is 0 Å². The predicted octanol–water partition coefficient (Wildman–Crippen LogP) is 2.78. The lowest BCUT2D eigenvalue weighted by atomic mass is 9.83. The summed E-state index contributed by atoms with van der Waals surface area (Å²) in [6.07, 6.45) is 8.14. The topological polar surface area (TPSA) is 71.2 Å². The minimum atomic E-state index is -0.0838. The van der Waals surface area contributed by atoms with Crippen LogP contribution >= 0.6 is 11.3 Å². The average molecular weight is 308 g/mol. The molecule has 3 rings (SSSR count). The number of carbonyl (C=O) groups is 1. The molecule has 2 heterocycles. The molecule has 1 saturated heterocycles. The van der Waals surface area contributed by atoms with Crippen LogP contribution in [0.3, 0.4) is 0 Å².